The molecule has 0 radical (unpaired) electrons. The van der Waals surface area contributed by atoms with E-state index < -0.39 is 11.8 Å². The van der Waals surface area contributed by atoms with Crippen LogP contribution in [0.1, 0.15) is 12.5 Å². The number of amides is 2. The van der Waals surface area contributed by atoms with Gasteiger partial charge in [0.25, 0.3) is 11.8 Å². The van der Waals surface area contributed by atoms with Crippen molar-refractivity contribution in [2.24, 2.45) is 5.73 Å². The SMILES string of the molecule is CC1=CC(=O)N(Nc2nc(-c3cccs3)nc3sc(-c4ccc(OCCN(C)CCN)cc4)c(C)c23)C1=O. The van der Waals surface area contributed by atoms with E-state index in [9.17, 15) is 9.59 Å². The van der Waals surface area contributed by atoms with Crippen molar-refractivity contribution in [3.05, 3.63) is 59.0 Å². The Morgan fingerprint density at radius 1 is 1.11 bits per heavy atom. The van der Waals surface area contributed by atoms with Crippen LogP contribution in [0.25, 0.3) is 31.4 Å². The maximum atomic E-state index is 12.6. The Morgan fingerprint density at radius 2 is 1.89 bits per heavy atom. The van der Waals surface area contributed by atoms with Crippen LogP contribution in [0.15, 0.2) is 53.4 Å². The number of ether oxygens (including phenoxy) is 1. The van der Waals surface area contributed by atoms with E-state index in [0.717, 1.165) is 54.9 Å². The zero-order valence-corrected chi connectivity index (χ0v) is 23.0. The highest BCUT2D eigenvalue weighted by molar-refractivity contribution is 7.22. The van der Waals surface area contributed by atoms with Gasteiger partial charge in [-0.2, -0.15) is 5.01 Å². The summed E-state index contributed by atoms with van der Waals surface area (Å²) in [7, 11) is 2.02. The van der Waals surface area contributed by atoms with Crippen LogP contribution in [0.5, 0.6) is 5.75 Å². The summed E-state index contributed by atoms with van der Waals surface area (Å²) >= 11 is 3.08. The number of anilines is 1. The number of imide groups is 1. The third-order valence-electron chi connectivity index (χ3n) is 6.22. The summed E-state index contributed by atoms with van der Waals surface area (Å²) in [6.07, 6.45) is 1.32. The molecule has 196 valence electrons. The Balaban J connectivity index is 1.47. The number of aryl methyl sites for hydroxylation is 1. The van der Waals surface area contributed by atoms with Crippen LogP contribution in [0, 0.1) is 6.92 Å². The Kier molecular flexibility index (Phi) is 7.52. The molecule has 4 heterocycles. The van der Waals surface area contributed by atoms with Crippen LogP contribution in [-0.4, -0.2) is 65.0 Å². The number of hydrazine groups is 1. The van der Waals surface area contributed by atoms with Crippen molar-refractivity contribution in [1.29, 1.82) is 0 Å². The molecule has 0 unspecified atom stereocenters. The van der Waals surface area contributed by atoms with E-state index in [1.54, 1.807) is 18.3 Å². The highest BCUT2D eigenvalue weighted by atomic mass is 32.1. The topological polar surface area (TPSA) is 114 Å². The van der Waals surface area contributed by atoms with Gasteiger partial charge in [0.05, 0.1) is 10.3 Å². The molecule has 3 N–H and O–H groups in total. The number of fused-ring (bicyclic) bond motifs is 1. The van der Waals surface area contributed by atoms with Crippen molar-refractivity contribution in [3.8, 4) is 26.9 Å². The van der Waals surface area contributed by atoms with Gasteiger partial charge in [-0.15, -0.1) is 22.7 Å². The summed E-state index contributed by atoms with van der Waals surface area (Å²) in [5.74, 6) is 0.941. The Morgan fingerprint density at radius 3 is 2.55 bits per heavy atom. The van der Waals surface area contributed by atoms with Gasteiger partial charge in [-0.3, -0.25) is 15.0 Å². The summed E-state index contributed by atoms with van der Waals surface area (Å²) in [5, 5.41) is 3.74. The minimum Gasteiger partial charge on any atom is -0.492 e. The molecule has 0 saturated heterocycles. The lowest BCUT2D eigenvalue weighted by molar-refractivity contribution is -0.135. The summed E-state index contributed by atoms with van der Waals surface area (Å²) in [4.78, 5) is 39.4. The van der Waals surface area contributed by atoms with Crippen molar-refractivity contribution >= 4 is 50.5 Å². The summed E-state index contributed by atoms with van der Waals surface area (Å²) in [6, 6.07) is 11.9. The van der Waals surface area contributed by atoms with Gasteiger partial charge < -0.3 is 15.4 Å². The van der Waals surface area contributed by atoms with Gasteiger partial charge >= 0.3 is 0 Å². The number of benzene rings is 1. The number of nitrogens with two attached hydrogens (primary N) is 1. The molecule has 1 aliphatic rings. The predicted octanol–water partition coefficient (Wildman–Crippen LogP) is 4.31. The molecular formula is C27H28N6O3S2. The first kappa shape index (κ1) is 26.0. The number of rotatable bonds is 10. The van der Waals surface area contributed by atoms with Gasteiger partial charge in [-0.1, -0.05) is 6.07 Å². The number of carbonyl (C=O) groups excluding carboxylic acids is 2. The number of nitrogens with zero attached hydrogens (tertiary/aromatic N) is 4. The summed E-state index contributed by atoms with van der Waals surface area (Å²) in [6.45, 7) is 6.45. The van der Waals surface area contributed by atoms with Crippen molar-refractivity contribution < 1.29 is 14.3 Å². The first-order valence-corrected chi connectivity index (χ1v) is 13.9. The average Bonchev–Trinajstić information content (AvgIpc) is 3.61. The molecule has 11 heteroatoms. The van der Waals surface area contributed by atoms with Crippen LogP contribution >= 0.6 is 22.7 Å². The first-order valence-electron chi connectivity index (χ1n) is 12.2. The van der Waals surface area contributed by atoms with Gasteiger partial charge in [-0.25, -0.2) is 9.97 Å². The molecule has 3 aromatic heterocycles. The van der Waals surface area contributed by atoms with E-state index in [0.29, 0.717) is 30.4 Å². The molecule has 0 spiro atoms. The molecule has 0 fully saturated rings. The zero-order chi connectivity index (χ0) is 26.8. The molecular weight excluding hydrogens is 520 g/mol. The average molecular weight is 549 g/mol. The van der Waals surface area contributed by atoms with Crippen molar-refractivity contribution in [3.63, 3.8) is 0 Å². The van der Waals surface area contributed by atoms with Gasteiger partial charge in [0.1, 0.15) is 17.2 Å². The molecule has 0 bridgehead atoms. The quantitative estimate of drug-likeness (QED) is 0.282. The number of aromatic nitrogens is 2. The van der Waals surface area contributed by atoms with E-state index in [4.69, 9.17) is 20.4 Å². The van der Waals surface area contributed by atoms with Crippen LogP contribution in [0.3, 0.4) is 0 Å². The zero-order valence-electron chi connectivity index (χ0n) is 21.4. The van der Waals surface area contributed by atoms with Gasteiger partial charge in [0, 0.05) is 36.2 Å². The van der Waals surface area contributed by atoms with Crippen LogP contribution in [0.2, 0.25) is 0 Å². The van der Waals surface area contributed by atoms with Crippen molar-refractivity contribution in [1.82, 2.24) is 19.9 Å². The normalized spacial score (nSPS) is 13.6. The Hall–Kier alpha value is -3.64. The minimum absolute atomic E-state index is 0.377. The Labute approximate surface area is 228 Å². The number of hydrogen-bond donors (Lipinski definition) is 2. The van der Waals surface area contributed by atoms with E-state index in [2.05, 4.69) is 10.3 Å². The molecule has 5 rings (SSSR count). The fourth-order valence-electron chi connectivity index (χ4n) is 4.16. The highest BCUT2D eigenvalue weighted by Crippen LogP contribution is 2.42. The lowest BCUT2D eigenvalue weighted by Crippen LogP contribution is -2.36. The predicted molar refractivity (Wildman–Crippen MR) is 152 cm³/mol. The number of nitrogens with one attached hydrogen (secondary N) is 1. The smallest absolute Gasteiger partial charge is 0.275 e. The maximum Gasteiger partial charge on any atom is 0.275 e. The van der Waals surface area contributed by atoms with Crippen molar-refractivity contribution in [2.75, 3.05) is 38.7 Å². The Bertz CT molecular complexity index is 1510. The fraction of sp³-hybridized carbons (Fsp3) is 0.259. The molecule has 9 nitrogen and oxygen atoms in total. The molecule has 0 aliphatic carbocycles. The maximum absolute atomic E-state index is 12.6. The number of likely N-dealkylation sites (N-methyl/N-ethyl adjacent to an activating group) is 1. The third kappa shape index (κ3) is 5.18. The standard InChI is InChI=1S/C27H28N6O3S2/c1-16-15-21(34)33(27(16)35)31-25-22-17(2)23(38-26(22)30-24(29-25)20-5-4-14-37-20)18-6-8-19(9-7-18)36-13-12-32(3)11-10-28/h4-9,14-15H,10-13,28H2,1-3H3,(H,29,30,31). The second kappa shape index (κ2) is 11.0. The third-order valence-corrected chi connectivity index (χ3v) is 8.32. The minimum atomic E-state index is -0.421. The van der Waals surface area contributed by atoms with Gasteiger partial charge in [-0.05, 0) is 67.7 Å². The van der Waals surface area contributed by atoms with Gasteiger partial charge in [0.2, 0.25) is 0 Å². The molecule has 1 aromatic carbocycles. The molecule has 0 atom stereocenters. The largest absolute Gasteiger partial charge is 0.492 e. The molecule has 38 heavy (non-hydrogen) atoms. The monoisotopic (exact) mass is 548 g/mol. The van der Waals surface area contributed by atoms with Crippen LogP contribution < -0.4 is 15.9 Å². The summed E-state index contributed by atoms with van der Waals surface area (Å²) in [5.41, 5.74) is 10.9. The second-order valence-electron chi connectivity index (χ2n) is 8.99. The van der Waals surface area contributed by atoms with E-state index in [1.807, 2.05) is 55.7 Å². The highest BCUT2D eigenvalue weighted by Gasteiger charge is 2.30. The summed E-state index contributed by atoms with van der Waals surface area (Å²) < 4.78 is 5.90. The van der Waals surface area contributed by atoms with Crippen LogP contribution in [-0.2, 0) is 9.59 Å². The second-order valence-corrected chi connectivity index (χ2v) is 10.9. The fourth-order valence-corrected chi connectivity index (χ4v) is 6.01. The lowest BCUT2D eigenvalue weighted by atomic mass is 10.1. The van der Waals surface area contributed by atoms with E-state index in [-0.39, 0.29) is 0 Å². The van der Waals surface area contributed by atoms with Crippen LogP contribution in [0.4, 0.5) is 5.82 Å². The number of hydrogen-bond acceptors (Lipinski definition) is 10. The first-order chi connectivity index (χ1) is 18.4. The van der Waals surface area contributed by atoms with E-state index in [1.165, 1.54) is 17.4 Å². The number of carbonyl (C=O) groups is 2. The number of thiophene rings is 2. The molecule has 1 aliphatic heterocycles. The van der Waals surface area contributed by atoms with Gasteiger partial charge in [0.15, 0.2) is 11.6 Å². The van der Waals surface area contributed by atoms with Crippen molar-refractivity contribution in [2.45, 2.75) is 13.8 Å². The molecule has 4 aromatic rings. The lowest BCUT2D eigenvalue weighted by Gasteiger charge is -2.17. The van der Waals surface area contributed by atoms with E-state index >= 15 is 0 Å². The molecule has 2 amide bonds. The molecule has 0 saturated carbocycles.